The van der Waals surface area contributed by atoms with E-state index >= 15 is 0 Å². The molecule has 0 radical (unpaired) electrons. The van der Waals surface area contributed by atoms with Crippen LogP contribution in [0.15, 0.2) is 118 Å². The second-order valence-corrected chi connectivity index (χ2v) is 15.5. The number of hydrogen-bond acceptors (Lipinski definition) is 6. The lowest BCUT2D eigenvalue weighted by Crippen LogP contribution is -2.01. The molecular weight excluding hydrogens is 828 g/mol. The van der Waals surface area contributed by atoms with Crippen molar-refractivity contribution in [2.45, 2.75) is 77.0 Å². The van der Waals surface area contributed by atoms with E-state index in [1.54, 1.807) is 0 Å². The molecule has 0 saturated carbocycles. The molecule has 0 fully saturated rings. The van der Waals surface area contributed by atoms with Gasteiger partial charge in [-0.25, -0.2) is 0 Å². The summed E-state index contributed by atoms with van der Waals surface area (Å²) < 4.78 is 25.9. The number of hydrogen-bond donors (Lipinski definition) is 0. The third-order valence-electron chi connectivity index (χ3n) is 9.52. The van der Waals surface area contributed by atoms with E-state index in [1.165, 1.54) is 25.7 Å². The van der Waals surface area contributed by atoms with Gasteiger partial charge in [0.05, 0.1) is 58.6 Å². The highest BCUT2D eigenvalue weighted by Gasteiger charge is 2.10. The molecule has 0 aliphatic rings. The van der Waals surface area contributed by atoms with Crippen LogP contribution < -0.4 is 18.9 Å². The van der Waals surface area contributed by atoms with Crippen molar-refractivity contribution in [3.8, 4) is 57.4 Å². The van der Waals surface area contributed by atoms with Crippen LogP contribution in [0.2, 0.25) is 0 Å². The standard InChI is InChI=1S/C48H50Br2N2O4/c49-45-34-48(56-32-12-8-4-2-6-10-30-54-44-27-23-42(24-28-44)40-19-15-38(36-52)16-20-40)46(50)33-47(45)55-31-11-7-3-1-5-9-29-53-43-25-21-41(22-26-43)39-17-13-37(35-51)14-18-39/h13-28,33-34H,1-12,29-32H2. The summed E-state index contributed by atoms with van der Waals surface area (Å²) in [5.74, 6) is 3.44. The number of rotatable bonds is 24. The summed E-state index contributed by atoms with van der Waals surface area (Å²) in [5.41, 5.74) is 5.75. The van der Waals surface area contributed by atoms with Gasteiger partial charge in [0, 0.05) is 0 Å². The highest BCUT2D eigenvalue weighted by atomic mass is 79.9. The van der Waals surface area contributed by atoms with Crippen LogP contribution in [0.5, 0.6) is 23.0 Å². The van der Waals surface area contributed by atoms with Crippen molar-refractivity contribution in [3.05, 3.63) is 129 Å². The van der Waals surface area contributed by atoms with E-state index < -0.39 is 0 Å². The minimum atomic E-state index is 0.669. The molecule has 0 saturated heterocycles. The first-order chi connectivity index (χ1) is 27.5. The largest absolute Gasteiger partial charge is 0.494 e. The van der Waals surface area contributed by atoms with Gasteiger partial charge in [0.1, 0.15) is 23.0 Å². The van der Waals surface area contributed by atoms with Crippen molar-refractivity contribution in [1.29, 1.82) is 10.5 Å². The lowest BCUT2D eigenvalue weighted by atomic mass is 10.0. The summed E-state index contributed by atoms with van der Waals surface area (Å²) in [6, 6.07) is 39.9. The second-order valence-electron chi connectivity index (χ2n) is 13.8. The Kier molecular flexibility index (Phi) is 18.2. The van der Waals surface area contributed by atoms with Crippen LogP contribution in [-0.2, 0) is 0 Å². The summed E-state index contributed by atoms with van der Waals surface area (Å²) in [5, 5.41) is 18.0. The maximum atomic E-state index is 8.99. The Morgan fingerprint density at radius 1 is 0.357 bits per heavy atom. The molecule has 5 aromatic carbocycles. The van der Waals surface area contributed by atoms with Crippen LogP contribution in [0.3, 0.4) is 0 Å². The lowest BCUT2D eigenvalue weighted by Gasteiger charge is -2.13. The van der Waals surface area contributed by atoms with Gasteiger partial charge in [0.15, 0.2) is 0 Å². The molecule has 0 aromatic heterocycles. The average molecular weight is 879 g/mol. The molecule has 0 atom stereocenters. The molecule has 0 unspecified atom stereocenters. The summed E-state index contributed by atoms with van der Waals surface area (Å²) >= 11 is 7.33. The molecule has 0 aliphatic carbocycles. The molecule has 8 heteroatoms. The van der Waals surface area contributed by atoms with Gasteiger partial charge in [-0.3, -0.25) is 0 Å². The Hall–Kier alpha value is -4.76. The molecule has 0 aliphatic heterocycles. The molecule has 0 bridgehead atoms. The van der Waals surface area contributed by atoms with Crippen molar-refractivity contribution in [2.24, 2.45) is 0 Å². The molecule has 0 amide bonds. The van der Waals surface area contributed by atoms with Crippen LogP contribution in [-0.4, -0.2) is 26.4 Å². The van der Waals surface area contributed by atoms with Gasteiger partial charge in [-0.05, 0) is 140 Å². The van der Waals surface area contributed by atoms with Gasteiger partial charge in [0.2, 0.25) is 0 Å². The van der Waals surface area contributed by atoms with E-state index in [4.69, 9.17) is 29.5 Å². The van der Waals surface area contributed by atoms with Crippen LogP contribution in [0.25, 0.3) is 22.3 Å². The quantitative estimate of drug-likeness (QED) is 0.0574. The first-order valence-corrected chi connectivity index (χ1v) is 21.3. The fourth-order valence-corrected chi connectivity index (χ4v) is 7.13. The molecular formula is C48H50Br2N2O4. The summed E-state index contributed by atoms with van der Waals surface area (Å²) in [6.45, 7) is 2.82. The van der Waals surface area contributed by atoms with E-state index in [0.717, 1.165) is 119 Å². The minimum Gasteiger partial charge on any atom is -0.494 e. The van der Waals surface area contributed by atoms with Crippen molar-refractivity contribution in [2.75, 3.05) is 26.4 Å². The molecule has 6 nitrogen and oxygen atoms in total. The summed E-state index contributed by atoms with van der Waals surface area (Å²) in [7, 11) is 0. The van der Waals surface area contributed by atoms with Crippen molar-refractivity contribution in [1.82, 2.24) is 0 Å². The topological polar surface area (TPSA) is 84.5 Å². The highest BCUT2D eigenvalue weighted by molar-refractivity contribution is 9.11. The number of nitrogens with zero attached hydrogens (tertiary/aromatic N) is 2. The second kappa shape index (κ2) is 24.0. The van der Waals surface area contributed by atoms with Crippen molar-refractivity contribution >= 4 is 31.9 Å². The molecule has 0 heterocycles. The predicted octanol–water partition coefficient (Wildman–Crippen LogP) is 13.9. The third-order valence-corrected chi connectivity index (χ3v) is 10.8. The molecule has 290 valence electrons. The Morgan fingerprint density at radius 3 is 0.929 bits per heavy atom. The highest BCUT2D eigenvalue weighted by Crippen LogP contribution is 2.36. The van der Waals surface area contributed by atoms with Crippen LogP contribution >= 0.6 is 31.9 Å². The third kappa shape index (κ3) is 14.4. The molecule has 5 aromatic rings. The van der Waals surface area contributed by atoms with Gasteiger partial charge >= 0.3 is 0 Å². The van der Waals surface area contributed by atoms with E-state index in [9.17, 15) is 0 Å². The smallest absolute Gasteiger partial charge is 0.134 e. The summed E-state index contributed by atoms with van der Waals surface area (Å²) in [6.07, 6.45) is 13.5. The maximum absolute atomic E-state index is 8.99. The van der Waals surface area contributed by atoms with Gasteiger partial charge in [-0.2, -0.15) is 10.5 Å². The fourth-order valence-electron chi connectivity index (χ4n) is 6.26. The summed E-state index contributed by atoms with van der Waals surface area (Å²) in [4.78, 5) is 0. The zero-order valence-corrected chi connectivity index (χ0v) is 35.2. The predicted molar refractivity (Wildman–Crippen MR) is 232 cm³/mol. The van der Waals surface area contributed by atoms with Crippen molar-refractivity contribution in [3.63, 3.8) is 0 Å². The van der Waals surface area contributed by atoms with E-state index in [2.05, 4.69) is 68.3 Å². The van der Waals surface area contributed by atoms with Gasteiger partial charge in [-0.15, -0.1) is 0 Å². The monoisotopic (exact) mass is 876 g/mol. The lowest BCUT2D eigenvalue weighted by molar-refractivity contribution is 0.290. The molecule has 0 spiro atoms. The minimum absolute atomic E-state index is 0.669. The van der Waals surface area contributed by atoms with Gasteiger partial charge < -0.3 is 18.9 Å². The first kappa shape index (κ1) is 42.4. The SMILES string of the molecule is N#Cc1ccc(-c2ccc(OCCCCCCCCOc3cc(Br)c(OCCCCCCCCOc4ccc(-c5ccc(C#N)cc5)cc4)cc3Br)cc2)cc1. The number of unbranched alkanes of at least 4 members (excludes halogenated alkanes) is 10. The van der Waals surface area contributed by atoms with Crippen LogP contribution in [0.1, 0.15) is 88.2 Å². The Balaban J connectivity index is 0.834. The first-order valence-electron chi connectivity index (χ1n) is 19.7. The Morgan fingerprint density at radius 2 is 0.625 bits per heavy atom. The van der Waals surface area contributed by atoms with E-state index in [0.29, 0.717) is 24.3 Å². The molecule has 5 rings (SSSR count). The van der Waals surface area contributed by atoms with Crippen LogP contribution in [0.4, 0.5) is 0 Å². The molecule has 0 N–H and O–H groups in total. The Bertz CT molecular complexity index is 1840. The van der Waals surface area contributed by atoms with E-state index in [1.807, 2.05) is 84.9 Å². The zero-order chi connectivity index (χ0) is 39.2. The maximum Gasteiger partial charge on any atom is 0.134 e. The molecule has 56 heavy (non-hydrogen) atoms. The van der Waals surface area contributed by atoms with Crippen LogP contribution in [0, 0.1) is 22.7 Å². The van der Waals surface area contributed by atoms with Gasteiger partial charge in [0.25, 0.3) is 0 Å². The normalized spacial score (nSPS) is 10.7. The zero-order valence-electron chi connectivity index (χ0n) is 32.0. The number of halogens is 2. The van der Waals surface area contributed by atoms with E-state index in [-0.39, 0.29) is 0 Å². The number of nitriles is 2. The number of ether oxygens (including phenoxy) is 4. The Labute approximate surface area is 349 Å². The van der Waals surface area contributed by atoms with Crippen molar-refractivity contribution < 1.29 is 18.9 Å². The van der Waals surface area contributed by atoms with Gasteiger partial charge in [-0.1, -0.05) is 99.9 Å². The number of benzene rings is 5. The fraction of sp³-hybridized carbons (Fsp3) is 0.333. The average Bonchev–Trinajstić information content (AvgIpc) is 3.24.